The third-order valence-electron chi connectivity index (χ3n) is 3.48. The summed E-state index contributed by atoms with van der Waals surface area (Å²) in [6, 6.07) is 5.26. The summed E-state index contributed by atoms with van der Waals surface area (Å²) in [5.41, 5.74) is 1.04. The molecule has 21 heavy (non-hydrogen) atoms. The molecule has 0 spiro atoms. The van der Waals surface area contributed by atoms with Crippen molar-refractivity contribution in [2.24, 2.45) is 0 Å². The Balaban J connectivity index is 1.78. The molecule has 1 aromatic carbocycles. The van der Waals surface area contributed by atoms with Crippen molar-refractivity contribution >= 4 is 5.97 Å². The second-order valence-corrected chi connectivity index (χ2v) is 4.98. The highest BCUT2D eigenvalue weighted by atomic mass is 16.5. The molecule has 2 aromatic rings. The molecule has 0 saturated heterocycles. The van der Waals surface area contributed by atoms with E-state index in [1.54, 1.807) is 24.7 Å². The van der Waals surface area contributed by atoms with Crippen LogP contribution in [0.4, 0.5) is 0 Å². The quantitative estimate of drug-likeness (QED) is 0.884. The van der Waals surface area contributed by atoms with Crippen molar-refractivity contribution in [1.82, 2.24) is 9.55 Å². The Hall–Kier alpha value is -2.50. The molecule has 0 radical (unpaired) electrons. The van der Waals surface area contributed by atoms with E-state index >= 15 is 0 Å². The van der Waals surface area contributed by atoms with Crippen LogP contribution >= 0.6 is 0 Å². The molecule has 1 saturated carbocycles. The molecule has 110 valence electrons. The molecule has 0 amide bonds. The molecule has 3 rings (SSSR count). The van der Waals surface area contributed by atoms with Crippen molar-refractivity contribution in [2.45, 2.75) is 25.5 Å². The van der Waals surface area contributed by atoms with Crippen LogP contribution in [0.1, 0.15) is 34.9 Å². The van der Waals surface area contributed by atoms with Crippen LogP contribution in [0.25, 0.3) is 0 Å². The molecule has 1 aliphatic rings. The SMILES string of the molecule is COc1ccc(OCc2cncn2C2CC2)c(C(=O)O)c1. The summed E-state index contributed by atoms with van der Waals surface area (Å²) in [7, 11) is 1.50. The number of carboxylic acid groups (broad SMARTS) is 1. The molecule has 0 bridgehead atoms. The van der Waals surface area contributed by atoms with Gasteiger partial charge in [-0.25, -0.2) is 9.78 Å². The predicted molar refractivity (Wildman–Crippen MR) is 74.8 cm³/mol. The lowest BCUT2D eigenvalue weighted by Gasteiger charge is -2.11. The van der Waals surface area contributed by atoms with Gasteiger partial charge in [0.2, 0.25) is 0 Å². The van der Waals surface area contributed by atoms with Crippen LogP contribution in [0.15, 0.2) is 30.7 Å². The van der Waals surface area contributed by atoms with Crippen LogP contribution in [-0.2, 0) is 6.61 Å². The van der Waals surface area contributed by atoms with E-state index < -0.39 is 5.97 Å². The molecule has 0 atom stereocenters. The number of ether oxygens (including phenoxy) is 2. The summed E-state index contributed by atoms with van der Waals surface area (Å²) >= 11 is 0. The van der Waals surface area contributed by atoms with E-state index in [1.165, 1.54) is 13.2 Å². The van der Waals surface area contributed by atoms with Gasteiger partial charge in [-0.3, -0.25) is 0 Å². The highest BCUT2D eigenvalue weighted by Gasteiger charge is 2.25. The van der Waals surface area contributed by atoms with Gasteiger partial charge in [0.05, 0.1) is 25.3 Å². The van der Waals surface area contributed by atoms with E-state index in [4.69, 9.17) is 9.47 Å². The zero-order valence-electron chi connectivity index (χ0n) is 11.7. The Morgan fingerprint density at radius 1 is 1.48 bits per heavy atom. The van der Waals surface area contributed by atoms with E-state index in [1.807, 2.05) is 0 Å². The van der Waals surface area contributed by atoms with Gasteiger partial charge in [-0.05, 0) is 31.0 Å². The van der Waals surface area contributed by atoms with Gasteiger partial charge < -0.3 is 19.1 Å². The second kappa shape index (κ2) is 5.47. The number of aromatic carboxylic acids is 1. The minimum absolute atomic E-state index is 0.0897. The van der Waals surface area contributed by atoms with Crippen molar-refractivity contribution in [3.8, 4) is 11.5 Å². The molecule has 1 heterocycles. The molecule has 1 aromatic heterocycles. The van der Waals surface area contributed by atoms with Gasteiger partial charge >= 0.3 is 5.97 Å². The zero-order valence-corrected chi connectivity index (χ0v) is 11.7. The highest BCUT2D eigenvalue weighted by Crippen LogP contribution is 2.36. The molecule has 6 heteroatoms. The number of aromatic nitrogens is 2. The average molecular weight is 288 g/mol. The lowest BCUT2D eigenvalue weighted by Crippen LogP contribution is -2.07. The fraction of sp³-hybridized carbons (Fsp3) is 0.333. The van der Waals surface area contributed by atoms with E-state index in [0.29, 0.717) is 24.1 Å². The van der Waals surface area contributed by atoms with E-state index in [2.05, 4.69) is 9.55 Å². The van der Waals surface area contributed by atoms with Gasteiger partial charge in [-0.15, -0.1) is 0 Å². The maximum Gasteiger partial charge on any atom is 0.339 e. The fourth-order valence-electron chi connectivity index (χ4n) is 2.21. The maximum atomic E-state index is 11.3. The Morgan fingerprint density at radius 2 is 2.29 bits per heavy atom. The number of imidazole rings is 1. The topological polar surface area (TPSA) is 73.6 Å². The lowest BCUT2D eigenvalue weighted by molar-refractivity contribution is 0.0691. The van der Waals surface area contributed by atoms with Crippen LogP contribution in [0.2, 0.25) is 0 Å². The van der Waals surface area contributed by atoms with Gasteiger partial charge in [0.1, 0.15) is 23.7 Å². The second-order valence-electron chi connectivity index (χ2n) is 4.98. The van der Waals surface area contributed by atoms with Crippen molar-refractivity contribution in [1.29, 1.82) is 0 Å². The first-order valence-electron chi connectivity index (χ1n) is 6.74. The summed E-state index contributed by atoms with van der Waals surface area (Å²) in [4.78, 5) is 15.4. The number of nitrogens with zero attached hydrogens (tertiary/aromatic N) is 2. The number of benzene rings is 1. The minimum Gasteiger partial charge on any atom is -0.497 e. The predicted octanol–water partition coefficient (Wildman–Crippen LogP) is 2.50. The van der Waals surface area contributed by atoms with Gasteiger partial charge in [0.25, 0.3) is 0 Å². The number of hydrogen-bond donors (Lipinski definition) is 1. The Labute approximate surface area is 121 Å². The van der Waals surface area contributed by atoms with Gasteiger partial charge in [-0.2, -0.15) is 0 Å². The molecule has 0 aliphatic heterocycles. The molecule has 1 fully saturated rings. The summed E-state index contributed by atoms with van der Waals surface area (Å²) in [6.45, 7) is 0.295. The standard InChI is InChI=1S/C15H16N2O4/c1-20-12-4-5-14(13(6-12)15(18)19)21-8-11-7-16-9-17(11)10-2-3-10/h4-7,9-10H,2-3,8H2,1H3,(H,18,19). The average Bonchev–Trinajstić information content (AvgIpc) is 3.23. The normalized spacial score (nSPS) is 14.0. The Kier molecular flexibility index (Phi) is 3.51. The van der Waals surface area contributed by atoms with Crippen molar-refractivity contribution in [3.05, 3.63) is 42.0 Å². The highest BCUT2D eigenvalue weighted by molar-refractivity contribution is 5.91. The third kappa shape index (κ3) is 2.84. The molecule has 6 nitrogen and oxygen atoms in total. The molecular formula is C15H16N2O4. The zero-order chi connectivity index (χ0) is 14.8. The first-order valence-corrected chi connectivity index (χ1v) is 6.74. The number of carbonyl (C=O) groups is 1. The molecule has 0 unspecified atom stereocenters. The smallest absolute Gasteiger partial charge is 0.339 e. The molecule has 1 N–H and O–H groups in total. The summed E-state index contributed by atoms with van der Waals surface area (Å²) in [6.07, 6.45) is 5.86. The van der Waals surface area contributed by atoms with Crippen LogP contribution in [0, 0.1) is 0 Å². The number of hydrogen-bond acceptors (Lipinski definition) is 4. The van der Waals surface area contributed by atoms with E-state index in [9.17, 15) is 9.90 Å². The Bertz CT molecular complexity index is 661. The number of rotatable bonds is 6. The number of carboxylic acids is 1. The van der Waals surface area contributed by atoms with Crippen LogP contribution in [0.3, 0.4) is 0 Å². The summed E-state index contributed by atoms with van der Waals surface area (Å²) in [5, 5.41) is 9.24. The van der Waals surface area contributed by atoms with Crippen molar-refractivity contribution in [2.75, 3.05) is 7.11 Å². The van der Waals surface area contributed by atoms with E-state index in [-0.39, 0.29) is 5.56 Å². The van der Waals surface area contributed by atoms with Crippen LogP contribution in [0.5, 0.6) is 11.5 Å². The summed E-state index contributed by atoms with van der Waals surface area (Å²) in [5.74, 6) is -0.228. The summed E-state index contributed by atoms with van der Waals surface area (Å²) < 4.78 is 12.8. The van der Waals surface area contributed by atoms with Crippen LogP contribution in [-0.4, -0.2) is 27.7 Å². The minimum atomic E-state index is -1.04. The monoisotopic (exact) mass is 288 g/mol. The number of methoxy groups -OCH3 is 1. The lowest BCUT2D eigenvalue weighted by atomic mass is 10.2. The van der Waals surface area contributed by atoms with Crippen molar-refractivity contribution < 1.29 is 19.4 Å². The molecule has 1 aliphatic carbocycles. The maximum absolute atomic E-state index is 11.3. The van der Waals surface area contributed by atoms with Crippen molar-refractivity contribution in [3.63, 3.8) is 0 Å². The van der Waals surface area contributed by atoms with Gasteiger partial charge in [0, 0.05) is 6.04 Å². The van der Waals surface area contributed by atoms with E-state index in [0.717, 1.165) is 18.5 Å². The first kappa shape index (κ1) is 13.5. The van der Waals surface area contributed by atoms with Gasteiger partial charge in [-0.1, -0.05) is 0 Å². The largest absolute Gasteiger partial charge is 0.497 e. The molecular weight excluding hydrogens is 272 g/mol. The first-order chi connectivity index (χ1) is 10.2. The Morgan fingerprint density at radius 3 is 2.95 bits per heavy atom. The van der Waals surface area contributed by atoms with Gasteiger partial charge in [0.15, 0.2) is 0 Å². The third-order valence-corrected chi connectivity index (χ3v) is 3.48. The van der Waals surface area contributed by atoms with Crippen LogP contribution < -0.4 is 9.47 Å². The fourth-order valence-corrected chi connectivity index (χ4v) is 2.21.